The van der Waals surface area contributed by atoms with Crippen LogP contribution < -0.4 is 10.6 Å². The Hall–Kier alpha value is -1.11. The molecule has 2 fully saturated rings. The van der Waals surface area contributed by atoms with Crippen LogP contribution in [0.1, 0.15) is 45.4 Å². The lowest BCUT2D eigenvalue weighted by molar-refractivity contribution is 0.00368. The molecule has 0 bridgehead atoms. The van der Waals surface area contributed by atoms with Gasteiger partial charge in [-0.2, -0.15) is 0 Å². The Bertz CT molecular complexity index is 483. The largest absolute Gasteiger partial charge is 0.381 e. The van der Waals surface area contributed by atoms with Gasteiger partial charge in [-0.15, -0.1) is 0 Å². The summed E-state index contributed by atoms with van der Waals surface area (Å²) in [5.41, 5.74) is 1.61. The first-order valence-electron chi connectivity index (χ1n) is 11.0. The highest BCUT2D eigenvalue weighted by Gasteiger charge is 2.31. The summed E-state index contributed by atoms with van der Waals surface area (Å²) in [5, 5.41) is 6.95. The number of allylic oxidation sites excluding steroid dienone is 1. The molecule has 2 unspecified atom stereocenters. The maximum Gasteiger partial charge on any atom is 0.191 e. The molecule has 0 aromatic rings. The number of ether oxygens (including phenoxy) is 2. The Balaban J connectivity index is 1.53. The van der Waals surface area contributed by atoms with Crippen molar-refractivity contribution >= 4 is 5.96 Å². The third kappa shape index (κ3) is 6.77. The van der Waals surface area contributed by atoms with Gasteiger partial charge < -0.3 is 20.1 Å². The van der Waals surface area contributed by atoms with E-state index in [1.165, 1.54) is 25.7 Å². The van der Waals surface area contributed by atoms with E-state index in [1.54, 1.807) is 5.57 Å². The van der Waals surface area contributed by atoms with Crippen LogP contribution in [0.15, 0.2) is 16.6 Å². The summed E-state index contributed by atoms with van der Waals surface area (Å²) in [6.07, 6.45) is 9.96. The third-order valence-electron chi connectivity index (χ3n) is 5.93. The molecule has 2 heterocycles. The molecule has 0 radical (unpaired) electrons. The van der Waals surface area contributed by atoms with Crippen molar-refractivity contribution in [2.24, 2.45) is 10.9 Å². The van der Waals surface area contributed by atoms with Crippen LogP contribution in [0.25, 0.3) is 0 Å². The van der Waals surface area contributed by atoms with E-state index in [0.29, 0.717) is 12.0 Å². The second kappa shape index (κ2) is 11.7. The van der Waals surface area contributed by atoms with E-state index in [0.717, 1.165) is 78.0 Å². The zero-order valence-corrected chi connectivity index (χ0v) is 17.0. The molecule has 6 nitrogen and oxygen atoms in total. The van der Waals surface area contributed by atoms with Crippen molar-refractivity contribution in [1.29, 1.82) is 0 Å². The van der Waals surface area contributed by atoms with Crippen molar-refractivity contribution in [3.63, 3.8) is 0 Å². The SMILES string of the molecule is CCNC(=NCC(C1CCOC1)N1CCOCC1)NCCC1=CCCCC1. The van der Waals surface area contributed by atoms with Crippen molar-refractivity contribution in [2.45, 2.75) is 51.5 Å². The van der Waals surface area contributed by atoms with Crippen LogP contribution in [0.2, 0.25) is 0 Å². The molecule has 3 aliphatic rings. The Morgan fingerprint density at radius 3 is 2.81 bits per heavy atom. The molecule has 1 aliphatic carbocycles. The zero-order valence-electron chi connectivity index (χ0n) is 17.0. The van der Waals surface area contributed by atoms with Gasteiger partial charge in [0.15, 0.2) is 5.96 Å². The maximum atomic E-state index is 5.67. The highest BCUT2D eigenvalue weighted by Crippen LogP contribution is 2.22. The first kappa shape index (κ1) is 20.6. The van der Waals surface area contributed by atoms with Crippen molar-refractivity contribution in [3.05, 3.63) is 11.6 Å². The van der Waals surface area contributed by atoms with Crippen LogP contribution in [-0.4, -0.2) is 76.1 Å². The molecule has 0 saturated carbocycles. The maximum absolute atomic E-state index is 5.67. The summed E-state index contributed by atoms with van der Waals surface area (Å²) in [7, 11) is 0. The van der Waals surface area contributed by atoms with Crippen molar-refractivity contribution in [3.8, 4) is 0 Å². The quantitative estimate of drug-likeness (QED) is 0.385. The summed E-state index contributed by atoms with van der Waals surface area (Å²) in [6, 6.07) is 0.452. The van der Waals surface area contributed by atoms with E-state index in [4.69, 9.17) is 14.5 Å². The van der Waals surface area contributed by atoms with E-state index < -0.39 is 0 Å². The molecule has 3 rings (SSSR count). The molecule has 6 heteroatoms. The van der Waals surface area contributed by atoms with Gasteiger partial charge in [-0.05, 0) is 45.4 Å². The van der Waals surface area contributed by atoms with Crippen molar-refractivity contribution < 1.29 is 9.47 Å². The Kier molecular flexibility index (Phi) is 8.91. The Labute approximate surface area is 164 Å². The van der Waals surface area contributed by atoms with Gasteiger partial charge in [-0.3, -0.25) is 9.89 Å². The van der Waals surface area contributed by atoms with Gasteiger partial charge in [0.1, 0.15) is 0 Å². The highest BCUT2D eigenvalue weighted by atomic mass is 16.5. The van der Waals surface area contributed by atoms with Gasteiger partial charge >= 0.3 is 0 Å². The van der Waals surface area contributed by atoms with Crippen LogP contribution in [0.3, 0.4) is 0 Å². The molecule has 2 saturated heterocycles. The lowest BCUT2D eigenvalue weighted by Gasteiger charge is -2.36. The minimum absolute atomic E-state index is 0.452. The topological polar surface area (TPSA) is 58.1 Å². The van der Waals surface area contributed by atoms with Crippen molar-refractivity contribution in [2.75, 3.05) is 59.2 Å². The van der Waals surface area contributed by atoms with Gasteiger partial charge in [-0.1, -0.05) is 11.6 Å². The fourth-order valence-electron chi connectivity index (χ4n) is 4.33. The van der Waals surface area contributed by atoms with Crippen LogP contribution in [0.5, 0.6) is 0 Å². The molecular formula is C21H38N4O2. The second-order valence-corrected chi connectivity index (χ2v) is 7.84. The summed E-state index contributed by atoms with van der Waals surface area (Å²) < 4.78 is 11.2. The molecule has 2 aliphatic heterocycles. The van der Waals surface area contributed by atoms with Gasteiger partial charge in [0, 0.05) is 44.7 Å². The predicted octanol–water partition coefficient (Wildman–Crippen LogP) is 2.17. The van der Waals surface area contributed by atoms with Crippen LogP contribution in [0.4, 0.5) is 0 Å². The molecule has 0 aromatic carbocycles. The number of hydrogen-bond donors (Lipinski definition) is 2. The summed E-state index contributed by atoms with van der Waals surface area (Å²) in [6.45, 7) is 10.3. The molecule has 154 valence electrons. The normalized spacial score (nSPS) is 25.9. The van der Waals surface area contributed by atoms with Crippen molar-refractivity contribution in [1.82, 2.24) is 15.5 Å². The molecule has 2 N–H and O–H groups in total. The van der Waals surface area contributed by atoms with Gasteiger partial charge in [0.2, 0.25) is 0 Å². The zero-order chi connectivity index (χ0) is 18.7. The highest BCUT2D eigenvalue weighted by molar-refractivity contribution is 5.79. The molecular weight excluding hydrogens is 340 g/mol. The van der Waals surface area contributed by atoms with E-state index in [2.05, 4.69) is 28.5 Å². The van der Waals surface area contributed by atoms with E-state index in [1.807, 2.05) is 0 Å². The minimum atomic E-state index is 0.452. The van der Waals surface area contributed by atoms with Crippen LogP contribution >= 0.6 is 0 Å². The van der Waals surface area contributed by atoms with Crippen LogP contribution in [0, 0.1) is 5.92 Å². The third-order valence-corrected chi connectivity index (χ3v) is 5.93. The summed E-state index contributed by atoms with van der Waals surface area (Å²) in [4.78, 5) is 7.51. The second-order valence-electron chi connectivity index (χ2n) is 7.84. The molecule has 27 heavy (non-hydrogen) atoms. The molecule has 0 aromatic heterocycles. The number of aliphatic imine (C=N–C) groups is 1. The Morgan fingerprint density at radius 2 is 2.11 bits per heavy atom. The lowest BCUT2D eigenvalue weighted by atomic mass is 9.97. The van der Waals surface area contributed by atoms with Gasteiger partial charge in [-0.25, -0.2) is 0 Å². The minimum Gasteiger partial charge on any atom is -0.381 e. The van der Waals surface area contributed by atoms with E-state index in [9.17, 15) is 0 Å². The number of guanidine groups is 1. The fraction of sp³-hybridized carbons (Fsp3) is 0.857. The summed E-state index contributed by atoms with van der Waals surface area (Å²) >= 11 is 0. The molecule has 2 atom stereocenters. The van der Waals surface area contributed by atoms with E-state index in [-0.39, 0.29) is 0 Å². The van der Waals surface area contributed by atoms with E-state index >= 15 is 0 Å². The summed E-state index contributed by atoms with van der Waals surface area (Å²) in [5.74, 6) is 1.54. The fourth-order valence-corrected chi connectivity index (χ4v) is 4.33. The number of nitrogens with one attached hydrogen (secondary N) is 2. The Morgan fingerprint density at radius 1 is 1.22 bits per heavy atom. The van der Waals surface area contributed by atoms with Crippen LogP contribution in [-0.2, 0) is 9.47 Å². The monoisotopic (exact) mass is 378 g/mol. The molecule has 0 spiro atoms. The predicted molar refractivity (Wildman–Crippen MR) is 110 cm³/mol. The number of morpholine rings is 1. The average Bonchev–Trinajstić information content (AvgIpc) is 3.24. The van der Waals surface area contributed by atoms with Gasteiger partial charge in [0.05, 0.1) is 26.4 Å². The first-order chi connectivity index (χ1) is 13.4. The standard InChI is InChI=1S/C21H38N4O2/c1-2-22-21(23-10-8-18-6-4-3-5-7-18)24-16-20(19-9-13-27-17-19)25-11-14-26-15-12-25/h6,19-20H,2-5,7-17H2,1H3,(H2,22,23,24). The lowest BCUT2D eigenvalue weighted by Crippen LogP contribution is -2.49. The first-order valence-corrected chi connectivity index (χ1v) is 11.0. The molecule has 0 amide bonds. The number of rotatable bonds is 8. The van der Waals surface area contributed by atoms with Gasteiger partial charge in [0.25, 0.3) is 0 Å². The number of nitrogens with zero attached hydrogens (tertiary/aromatic N) is 2. The number of hydrogen-bond acceptors (Lipinski definition) is 4. The smallest absolute Gasteiger partial charge is 0.191 e. The average molecular weight is 379 g/mol.